The highest BCUT2D eigenvalue weighted by Gasteiger charge is 2.44. The zero-order chi connectivity index (χ0) is 13.3. The van der Waals surface area contributed by atoms with E-state index < -0.39 is 11.4 Å². The molecule has 0 amide bonds. The van der Waals surface area contributed by atoms with Crippen molar-refractivity contribution in [2.24, 2.45) is 5.41 Å². The molecule has 0 aromatic rings. The highest BCUT2D eigenvalue weighted by molar-refractivity contribution is 5.75. The van der Waals surface area contributed by atoms with Crippen LogP contribution in [0, 0.1) is 5.41 Å². The quantitative estimate of drug-likeness (QED) is 0.797. The van der Waals surface area contributed by atoms with Crippen molar-refractivity contribution in [3.05, 3.63) is 0 Å². The lowest BCUT2D eigenvalue weighted by Gasteiger charge is -2.44. The second-order valence-electron chi connectivity index (χ2n) is 5.95. The minimum atomic E-state index is -0.709. The zero-order valence-corrected chi connectivity index (χ0v) is 11.6. The van der Waals surface area contributed by atoms with E-state index in [-0.39, 0.29) is 0 Å². The molecular formula is C13H24N2O3. The van der Waals surface area contributed by atoms with Crippen LogP contribution in [0.5, 0.6) is 0 Å². The van der Waals surface area contributed by atoms with Crippen LogP contribution in [0.25, 0.3) is 0 Å². The highest BCUT2D eigenvalue weighted by atomic mass is 16.5. The van der Waals surface area contributed by atoms with Gasteiger partial charge in [-0.15, -0.1) is 0 Å². The molecule has 3 unspecified atom stereocenters. The Morgan fingerprint density at radius 3 is 2.44 bits per heavy atom. The maximum atomic E-state index is 11.5. The van der Waals surface area contributed by atoms with Gasteiger partial charge in [0.25, 0.3) is 0 Å². The third kappa shape index (κ3) is 2.53. The fourth-order valence-electron chi connectivity index (χ4n) is 3.04. The van der Waals surface area contributed by atoms with E-state index >= 15 is 0 Å². The Labute approximate surface area is 109 Å². The number of hydrogen-bond donors (Lipinski definition) is 1. The van der Waals surface area contributed by atoms with Gasteiger partial charge in [-0.05, 0) is 27.3 Å². The van der Waals surface area contributed by atoms with E-state index in [0.29, 0.717) is 38.3 Å². The molecule has 0 saturated carbocycles. The van der Waals surface area contributed by atoms with Crippen molar-refractivity contribution in [3.63, 3.8) is 0 Å². The molecule has 2 aliphatic rings. The van der Waals surface area contributed by atoms with Crippen molar-refractivity contribution in [2.45, 2.75) is 32.4 Å². The number of nitrogens with zero attached hydrogens (tertiary/aromatic N) is 2. The monoisotopic (exact) mass is 256 g/mol. The number of ether oxygens (including phenoxy) is 1. The van der Waals surface area contributed by atoms with Gasteiger partial charge >= 0.3 is 5.97 Å². The second-order valence-corrected chi connectivity index (χ2v) is 5.95. The standard InChI is InChI=1S/C13H24N2O3/c1-10-6-15(7-11(2)14(10)3)8-13(12(16)17)4-5-18-9-13/h10-11H,4-9H2,1-3H3,(H,16,17). The number of rotatable bonds is 3. The number of piperazine rings is 1. The molecule has 2 fully saturated rings. The van der Waals surface area contributed by atoms with Crippen molar-refractivity contribution in [1.29, 1.82) is 0 Å². The van der Waals surface area contributed by atoms with Gasteiger partial charge in [0.05, 0.1) is 6.61 Å². The van der Waals surface area contributed by atoms with Crippen LogP contribution in [0.4, 0.5) is 0 Å². The molecular weight excluding hydrogens is 232 g/mol. The molecule has 2 saturated heterocycles. The largest absolute Gasteiger partial charge is 0.481 e. The summed E-state index contributed by atoms with van der Waals surface area (Å²) in [5, 5.41) is 9.46. The molecule has 2 heterocycles. The SMILES string of the molecule is CC1CN(CC2(C(=O)O)CCOC2)CC(C)N1C. The van der Waals surface area contributed by atoms with Gasteiger partial charge in [0, 0.05) is 38.3 Å². The first-order valence-corrected chi connectivity index (χ1v) is 6.70. The Balaban J connectivity index is 2.02. The van der Waals surface area contributed by atoms with Gasteiger partial charge in [-0.3, -0.25) is 14.6 Å². The first kappa shape index (κ1) is 13.8. The summed E-state index contributed by atoms with van der Waals surface area (Å²) in [6, 6.07) is 0.948. The van der Waals surface area contributed by atoms with Gasteiger partial charge in [0.2, 0.25) is 0 Å². The number of aliphatic carboxylic acids is 1. The molecule has 1 N–H and O–H groups in total. The molecule has 0 aliphatic carbocycles. The minimum Gasteiger partial charge on any atom is -0.481 e. The van der Waals surface area contributed by atoms with Crippen LogP contribution in [0.1, 0.15) is 20.3 Å². The normalized spacial score (nSPS) is 39.1. The fourth-order valence-corrected chi connectivity index (χ4v) is 3.04. The van der Waals surface area contributed by atoms with E-state index in [2.05, 4.69) is 30.7 Å². The van der Waals surface area contributed by atoms with Crippen molar-refractivity contribution in [1.82, 2.24) is 9.80 Å². The predicted molar refractivity (Wildman–Crippen MR) is 68.6 cm³/mol. The number of carboxylic acid groups (broad SMARTS) is 1. The molecule has 104 valence electrons. The summed E-state index contributed by atoms with van der Waals surface area (Å²) in [6.45, 7) is 7.82. The van der Waals surface area contributed by atoms with Crippen LogP contribution in [-0.2, 0) is 9.53 Å². The van der Waals surface area contributed by atoms with Crippen LogP contribution in [0.2, 0.25) is 0 Å². The van der Waals surface area contributed by atoms with Gasteiger partial charge in [-0.2, -0.15) is 0 Å². The molecule has 0 radical (unpaired) electrons. The van der Waals surface area contributed by atoms with E-state index in [1.54, 1.807) is 0 Å². The summed E-state index contributed by atoms with van der Waals surface area (Å²) in [5.74, 6) is -0.709. The molecule has 3 atom stereocenters. The second kappa shape index (κ2) is 5.15. The molecule has 0 bridgehead atoms. The van der Waals surface area contributed by atoms with Crippen LogP contribution < -0.4 is 0 Å². The summed E-state index contributed by atoms with van der Waals surface area (Å²) in [4.78, 5) is 16.2. The van der Waals surface area contributed by atoms with Crippen LogP contribution >= 0.6 is 0 Å². The average molecular weight is 256 g/mol. The molecule has 18 heavy (non-hydrogen) atoms. The summed E-state index contributed by atoms with van der Waals surface area (Å²) in [7, 11) is 2.14. The van der Waals surface area contributed by atoms with E-state index in [4.69, 9.17) is 4.74 Å². The van der Waals surface area contributed by atoms with Gasteiger partial charge in [0.1, 0.15) is 5.41 Å². The van der Waals surface area contributed by atoms with Crippen molar-refractivity contribution in [2.75, 3.05) is 39.9 Å². The number of hydrogen-bond acceptors (Lipinski definition) is 4. The van der Waals surface area contributed by atoms with E-state index in [0.717, 1.165) is 13.1 Å². The van der Waals surface area contributed by atoms with Gasteiger partial charge in [-0.25, -0.2) is 0 Å². The Morgan fingerprint density at radius 1 is 1.39 bits per heavy atom. The summed E-state index contributed by atoms with van der Waals surface area (Å²) in [5.41, 5.74) is -0.685. The molecule has 2 aliphatic heterocycles. The van der Waals surface area contributed by atoms with Crippen LogP contribution in [-0.4, -0.2) is 72.9 Å². The van der Waals surface area contributed by atoms with E-state index in [1.807, 2.05) is 0 Å². The summed E-state index contributed by atoms with van der Waals surface area (Å²) >= 11 is 0. The van der Waals surface area contributed by atoms with Crippen molar-refractivity contribution < 1.29 is 14.6 Å². The lowest BCUT2D eigenvalue weighted by Crippen LogP contribution is -2.57. The predicted octanol–water partition coefficient (Wildman–Crippen LogP) is 0.502. The minimum absolute atomic E-state index is 0.359. The van der Waals surface area contributed by atoms with E-state index in [1.165, 1.54) is 0 Å². The first-order chi connectivity index (χ1) is 8.44. The molecule has 2 rings (SSSR count). The van der Waals surface area contributed by atoms with Crippen molar-refractivity contribution in [3.8, 4) is 0 Å². The average Bonchev–Trinajstić information content (AvgIpc) is 2.75. The topological polar surface area (TPSA) is 53.0 Å². The number of carbonyl (C=O) groups is 1. The van der Waals surface area contributed by atoms with Crippen LogP contribution in [0.15, 0.2) is 0 Å². The molecule has 0 aromatic carbocycles. The van der Waals surface area contributed by atoms with Gasteiger partial charge < -0.3 is 9.84 Å². The van der Waals surface area contributed by atoms with E-state index in [9.17, 15) is 9.90 Å². The lowest BCUT2D eigenvalue weighted by atomic mass is 9.86. The molecule has 0 aromatic heterocycles. The van der Waals surface area contributed by atoms with Crippen LogP contribution in [0.3, 0.4) is 0 Å². The maximum Gasteiger partial charge on any atom is 0.313 e. The molecule has 5 heteroatoms. The molecule has 0 spiro atoms. The Bertz CT molecular complexity index is 303. The Morgan fingerprint density at radius 2 is 2.00 bits per heavy atom. The van der Waals surface area contributed by atoms with Gasteiger partial charge in [-0.1, -0.05) is 0 Å². The number of carboxylic acids is 1. The Kier molecular flexibility index (Phi) is 3.94. The highest BCUT2D eigenvalue weighted by Crippen LogP contribution is 2.31. The Hall–Kier alpha value is -0.650. The molecule has 5 nitrogen and oxygen atoms in total. The lowest BCUT2D eigenvalue weighted by molar-refractivity contribution is -0.150. The summed E-state index contributed by atoms with van der Waals surface area (Å²) in [6.07, 6.45) is 0.636. The summed E-state index contributed by atoms with van der Waals surface area (Å²) < 4.78 is 5.32. The third-order valence-electron chi connectivity index (χ3n) is 4.52. The fraction of sp³-hybridized carbons (Fsp3) is 0.923. The number of likely N-dealkylation sites (N-methyl/N-ethyl adjacent to an activating group) is 1. The first-order valence-electron chi connectivity index (χ1n) is 6.70. The maximum absolute atomic E-state index is 11.5. The van der Waals surface area contributed by atoms with Crippen molar-refractivity contribution >= 4 is 5.97 Å². The third-order valence-corrected chi connectivity index (χ3v) is 4.52. The smallest absolute Gasteiger partial charge is 0.313 e. The zero-order valence-electron chi connectivity index (χ0n) is 11.6. The van der Waals surface area contributed by atoms with Gasteiger partial charge in [0.15, 0.2) is 0 Å².